The summed E-state index contributed by atoms with van der Waals surface area (Å²) in [6.07, 6.45) is 6.87. The number of hydrogen-bond acceptors (Lipinski definition) is 7. The van der Waals surface area contributed by atoms with Gasteiger partial charge in [0.2, 0.25) is 11.9 Å². The second kappa shape index (κ2) is 8.84. The third-order valence-electron chi connectivity index (χ3n) is 3.57. The smallest absolute Gasteiger partial charge is 0.232 e. The summed E-state index contributed by atoms with van der Waals surface area (Å²) in [4.78, 5) is 12.5. The number of nitrogen functional groups attached to an aromatic ring is 1. The van der Waals surface area contributed by atoms with Crippen LogP contribution in [0.2, 0.25) is 0 Å². The van der Waals surface area contributed by atoms with E-state index < -0.39 is 0 Å². The third kappa shape index (κ3) is 4.63. The van der Waals surface area contributed by atoms with Crippen LogP contribution in [0.5, 0.6) is 5.75 Å². The van der Waals surface area contributed by atoms with Crippen molar-refractivity contribution in [2.45, 2.75) is 0 Å². The van der Waals surface area contributed by atoms with E-state index in [1.807, 2.05) is 42.5 Å². The van der Waals surface area contributed by atoms with Gasteiger partial charge in [-0.1, -0.05) is 42.3 Å². The second-order valence-electron chi connectivity index (χ2n) is 5.53. The molecule has 0 radical (unpaired) electrons. The highest BCUT2D eigenvalue weighted by Crippen LogP contribution is 2.24. The van der Waals surface area contributed by atoms with Gasteiger partial charge in [0.05, 0.1) is 5.57 Å². The maximum absolute atomic E-state index is 9.63. The molecule has 0 aliphatic heterocycles. The Balaban J connectivity index is 1.96. The Morgan fingerprint density at radius 3 is 2.61 bits per heavy atom. The molecule has 0 saturated carbocycles. The van der Waals surface area contributed by atoms with Gasteiger partial charge in [-0.05, 0) is 24.3 Å². The van der Waals surface area contributed by atoms with Crippen LogP contribution in [0.25, 0.3) is 11.6 Å². The van der Waals surface area contributed by atoms with Crippen molar-refractivity contribution >= 4 is 29.2 Å². The minimum absolute atomic E-state index is 0.00134. The molecule has 2 aromatic carbocycles. The lowest BCUT2D eigenvalue weighted by Gasteiger charge is -2.08. The van der Waals surface area contributed by atoms with Crippen LogP contribution in [-0.4, -0.2) is 21.6 Å². The summed E-state index contributed by atoms with van der Waals surface area (Å²) in [5.74, 6) is 3.37. The van der Waals surface area contributed by atoms with Gasteiger partial charge in [-0.2, -0.15) is 20.2 Å². The molecule has 1 heterocycles. The van der Waals surface area contributed by atoms with Crippen molar-refractivity contribution in [3.05, 3.63) is 66.0 Å². The van der Waals surface area contributed by atoms with Crippen LogP contribution in [0.15, 0.2) is 54.6 Å². The van der Waals surface area contributed by atoms with E-state index in [1.54, 1.807) is 18.2 Å². The number of nitrogens with zero attached hydrogens (tertiary/aromatic N) is 4. The standard InChI is InChI=1S/C21H16N6O/c1-2-12-28-18-11-7-6-8-15(18)13-16(14-22)19-25-20(23)27-21(26-19)24-17-9-4-3-5-10-17/h1,3-11,13H,12H2,(H3,23,24,25,26,27). The lowest BCUT2D eigenvalue weighted by molar-refractivity contribution is 0.369. The quantitative estimate of drug-likeness (QED) is 0.507. The molecule has 28 heavy (non-hydrogen) atoms. The first-order valence-corrected chi connectivity index (χ1v) is 8.30. The number of nitriles is 1. The molecule has 136 valence electrons. The van der Waals surface area contributed by atoms with Gasteiger partial charge in [-0.3, -0.25) is 0 Å². The largest absolute Gasteiger partial charge is 0.480 e. The molecule has 0 amide bonds. The SMILES string of the molecule is C#CCOc1ccccc1C=C(C#N)c1nc(N)nc(Nc2ccccc2)n1. The summed E-state index contributed by atoms with van der Waals surface area (Å²) in [7, 11) is 0. The maximum atomic E-state index is 9.63. The molecule has 0 unspecified atom stereocenters. The molecule has 0 fully saturated rings. The number of aromatic nitrogens is 3. The zero-order valence-electron chi connectivity index (χ0n) is 14.8. The molecule has 7 heteroatoms. The van der Waals surface area contributed by atoms with Crippen LogP contribution in [-0.2, 0) is 0 Å². The molecule has 0 aliphatic carbocycles. The van der Waals surface area contributed by atoms with E-state index in [-0.39, 0.29) is 29.9 Å². The molecule has 0 atom stereocenters. The number of rotatable bonds is 6. The number of benzene rings is 2. The Bertz CT molecular complexity index is 1080. The van der Waals surface area contributed by atoms with Gasteiger partial charge >= 0.3 is 0 Å². The van der Waals surface area contributed by atoms with Gasteiger partial charge in [0.25, 0.3) is 0 Å². The topological polar surface area (TPSA) is 110 Å². The molecule has 3 aromatic rings. The van der Waals surface area contributed by atoms with Crippen LogP contribution < -0.4 is 15.8 Å². The molecule has 3 N–H and O–H groups in total. The summed E-state index contributed by atoms with van der Waals surface area (Å²) in [6.45, 7) is 0.122. The van der Waals surface area contributed by atoms with Crippen LogP contribution in [0.1, 0.15) is 11.4 Å². The number of terminal acetylenes is 1. The fourth-order valence-corrected chi connectivity index (χ4v) is 2.37. The first-order valence-electron chi connectivity index (χ1n) is 8.30. The van der Waals surface area contributed by atoms with E-state index in [0.717, 1.165) is 5.69 Å². The summed E-state index contributed by atoms with van der Waals surface area (Å²) >= 11 is 0. The van der Waals surface area contributed by atoms with Crippen LogP contribution in [0.3, 0.4) is 0 Å². The first-order chi connectivity index (χ1) is 13.7. The van der Waals surface area contributed by atoms with Gasteiger partial charge in [0.15, 0.2) is 5.82 Å². The van der Waals surface area contributed by atoms with Gasteiger partial charge in [0.1, 0.15) is 18.4 Å². The highest BCUT2D eigenvalue weighted by Gasteiger charge is 2.11. The lowest BCUT2D eigenvalue weighted by Crippen LogP contribution is -2.06. The Morgan fingerprint density at radius 1 is 1.11 bits per heavy atom. The van der Waals surface area contributed by atoms with Crippen LogP contribution >= 0.6 is 0 Å². The van der Waals surface area contributed by atoms with E-state index in [2.05, 4.69) is 32.3 Å². The van der Waals surface area contributed by atoms with Crippen molar-refractivity contribution in [2.24, 2.45) is 0 Å². The monoisotopic (exact) mass is 368 g/mol. The predicted octanol–water partition coefficient (Wildman–Crippen LogP) is 3.27. The molecule has 0 bridgehead atoms. The Morgan fingerprint density at radius 2 is 1.86 bits per heavy atom. The van der Waals surface area contributed by atoms with E-state index in [9.17, 15) is 5.26 Å². The zero-order chi connectivity index (χ0) is 19.8. The van der Waals surface area contributed by atoms with Crippen molar-refractivity contribution in [3.8, 4) is 24.2 Å². The number of nitrogens with one attached hydrogen (secondary N) is 1. The number of allylic oxidation sites excluding steroid dienone is 1. The van der Waals surface area contributed by atoms with Gasteiger partial charge in [-0.15, -0.1) is 6.42 Å². The van der Waals surface area contributed by atoms with Crippen LogP contribution in [0.4, 0.5) is 17.6 Å². The highest BCUT2D eigenvalue weighted by atomic mass is 16.5. The van der Waals surface area contributed by atoms with E-state index in [0.29, 0.717) is 11.3 Å². The first kappa shape index (κ1) is 18.4. The van der Waals surface area contributed by atoms with Crippen molar-refractivity contribution in [1.29, 1.82) is 5.26 Å². The lowest BCUT2D eigenvalue weighted by atomic mass is 10.1. The number of nitrogens with two attached hydrogens (primary N) is 1. The van der Waals surface area contributed by atoms with Gasteiger partial charge in [0, 0.05) is 11.3 Å². The van der Waals surface area contributed by atoms with E-state index in [1.165, 1.54) is 0 Å². The predicted molar refractivity (Wildman–Crippen MR) is 108 cm³/mol. The van der Waals surface area contributed by atoms with E-state index in [4.69, 9.17) is 16.9 Å². The molecule has 3 rings (SSSR count). The Hall–Kier alpha value is -4.36. The van der Waals surface area contributed by atoms with Gasteiger partial charge in [-0.25, -0.2) is 0 Å². The maximum Gasteiger partial charge on any atom is 0.232 e. The number of hydrogen-bond donors (Lipinski definition) is 2. The minimum atomic E-state index is 0.00134. The Kier molecular flexibility index (Phi) is 5.82. The van der Waals surface area contributed by atoms with Crippen molar-refractivity contribution in [2.75, 3.05) is 17.7 Å². The molecule has 0 aliphatic rings. The molecular formula is C21H16N6O. The van der Waals surface area contributed by atoms with Crippen molar-refractivity contribution in [3.63, 3.8) is 0 Å². The summed E-state index contributed by atoms with van der Waals surface area (Å²) in [5.41, 5.74) is 7.48. The Labute approximate surface area is 162 Å². The highest BCUT2D eigenvalue weighted by molar-refractivity contribution is 5.88. The molecule has 1 aromatic heterocycles. The van der Waals surface area contributed by atoms with Crippen molar-refractivity contribution < 1.29 is 4.74 Å². The summed E-state index contributed by atoms with van der Waals surface area (Å²) < 4.78 is 5.51. The second-order valence-corrected chi connectivity index (χ2v) is 5.53. The normalized spacial score (nSPS) is 10.6. The summed E-state index contributed by atoms with van der Waals surface area (Å²) in [6, 6.07) is 18.7. The zero-order valence-corrected chi connectivity index (χ0v) is 14.8. The fraction of sp³-hybridized carbons (Fsp3) is 0.0476. The van der Waals surface area contributed by atoms with Gasteiger partial charge < -0.3 is 15.8 Å². The third-order valence-corrected chi connectivity index (χ3v) is 3.57. The number of anilines is 3. The number of para-hydroxylation sites is 2. The number of ether oxygens (including phenoxy) is 1. The fourth-order valence-electron chi connectivity index (χ4n) is 2.37. The summed E-state index contributed by atoms with van der Waals surface area (Å²) in [5, 5.41) is 12.7. The minimum Gasteiger partial charge on any atom is -0.480 e. The average molecular weight is 368 g/mol. The average Bonchev–Trinajstić information content (AvgIpc) is 2.71. The van der Waals surface area contributed by atoms with Crippen LogP contribution in [0, 0.1) is 23.7 Å². The molecule has 0 spiro atoms. The molecular weight excluding hydrogens is 352 g/mol. The molecule has 7 nitrogen and oxygen atoms in total. The van der Waals surface area contributed by atoms with E-state index >= 15 is 0 Å². The van der Waals surface area contributed by atoms with Crippen molar-refractivity contribution in [1.82, 2.24) is 15.0 Å². The molecule has 0 saturated heterocycles.